The molecule has 2 heterocycles. The van der Waals surface area contributed by atoms with Crippen LogP contribution in [0.1, 0.15) is 26.4 Å². The van der Waals surface area contributed by atoms with Gasteiger partial charge in [-0.3, -0.25) is 9.78 Å². The molecule has 0 bridgehead atoms. The maximum absolute atomic E-state index is 13.0. The van der Waals surface area contributed by atoms with Crippen LogP contribution in [0, 0.1) is 0 Å². The number of thiophene rings is 1. The van der Waals surface area contributed by atoms with E-state index in [-0.39, 0.29) is 12.5 Å². The molecule has 0 aliphatic carbocycles. The van der Waals surface area contributed by atoms with Crippen LogP contribution in [0.3, 0.4) is 0 Å². The van der Waals surface area contributed by atoms with Gasteiger partial charge in [-0.15, -0.1) is 11.3 Å². The third-order valence-corrected chi connectivity index (χ3v) is 6.19. The van der Waals surface area contributed by atoms with Crippen LogP contribution in [0.2, 0.25) is 0 Å². The predicted octanol–water partition coefficient (Wildman–Crippen LogP) is 5.78. The maximum atomic E-state index is 13.0. The fraction of sp³-hybridized carbons (Fsp3) is 0.120. The molecule has 8 heteroatoms. The number of fused-ring (bicyclic) bond motifs is 1. The van der Waals surface area contributed by atoms with Gasteiger partial charge in [-0.2, -0.15) is 13.2 Å². The van der Waals surface area contributed by atoms with Gasteiger partial charge >= 0.3 is 6.18 Å². The van der Waals surface area contributed by atoms with E-state index in [0.29, 0.717) is 28.9 Å². The number of amides is 1. The van der Waals surface area contributed by atoms with Gasteiger partial charge in [0.15, 0.2) is 0 Å². The molecule has 0 aliphatic rings. The highest BCUT2D eigenvalue weighted by Crippen LogP contribution is 2.36. The molecular weight excluding hydrogens is 447 g/mol. The van der Waals surface area contributed by atoms with E-state index < -0.39 is 11.7 Å². The van der Waals surface area contributed by atoms with E-state index in [2.05, 4.69) is 16.9 Å². The minimum absolute atomic E-state index is 0.184. The van der Waals surface area contributed by atoms with Crippen LogP contribution < -0.4 is 11.1 Å². The van der Waals surface area contributed by atoms with E-state index in [4.69, 9.17) is 5.73 Å². The van der Waals surface area contributed by atoms with Gasteiger partial charge in [-0.05, 0) is 35.2 Å². The van der Waals surface area contributed by atoms with Crippen molar-refractivity contribution >= 4 is 27.3 Å². The molecule has 3 N–H and O–H groups in total. The quantitative estimate of drug-likeness (QED) is 0.378. The second kappa shape index (κ2) is 9.07. The number of benzene rings is 2. The van der Waals surface area contributed by atoms with Gasteiger partial charge < -0.3 is 11.1 Å². The Hall–Kier alpha value is -3.65. The zero-order chi connectivity index (χ0) is 23.6. The van der Waals surface area contributed by atoms with Crippen molar-refractivity contribution in [1.29, 1.82) is 0 Å². The van der Waals surface area contributed by atoms with E-state index in [0.717, 1.165) is 26.6 Å². The lowest BCUT2D eigenvalue weighted by Gasteiger charge is -2.08. The Balaban J connectivity index is 1.59. The van der Waals surface area contributed by atoms with Crippen LogP contribution in [-0.2, 0) is 12.6 Å². The van der Waals surface area contributed by atoms with Crippen molar-refractivity contribution in [1.82, 2.24) is 10.3 Å². The van der Waals surface area contributed by atoms with Crippen molar-refractivity contribution in [3.63, 3.8) is 0 Å². The topological polar surface area (TPSA) is 68.0 Å². The van der Waals surface area contributed by atoms with Crippen LogP contribution >= 0.6 is 11.3 Å². The highest BCUT2D eigenvalue weighted by atomic mass is 32.1. The standard InChI is InChI=1S/C25H20F3N3OS/c1-15(29)13-31-24(32)18-8-9-22(30-14-18)21-7-3-5-17-12-20(33-23(17)21)11-16-4-2-6-19(10-16)25(26,27)28/h2-10,12,14H,1,11,13,29H2,(H,31,32). The van der Waals surface area contributed by atoms with Crippen LogP contribution in [0.4, 0.5) is 13.2 Å². The zero-order valence-corrected chi connectivity index (χ0v) is 18.3. The molecular formula is C25H20F3N3OS. The fourth-order valence-electron chi connectivity index (χ4n) is 3.45. The van der Waals surface area contributed by atoms with E-state index in [1.54, 1.807) is 18.2 Å². The minimum atomic E-state index is -4.36. The number of nitrogens with zero attached hydrogens (tertiary/aromatic N) is 1. The zero-order valence-electron chi connectivity index (χ0n) is 17.4. The van der Waals surface area contributed by atoms with E-state index in [1.807, 2.05) is 24.3 Å². The smallest absolute Gasteiger partial charge is 0.401 e. The number of nitrogens with two attached hydrogens (primary N) is 1. The number of hydrogen-bond acceptors (Lipinski definition) is 4. The van der Waals surface area contributed by atoms with Crippen LogP contribution in [0.25, 0.3) is 21.3 Å². The Morgan fingerprint density at radius 2 is 1.88 bits per heavy atom. The number of nitrogens with one attached hydrogen (secondary N) is 1. The number of carbonyl (C=O) groups excluding carboxylic acids is 1. The molecule has 4 rings (SSSR count). The van der Waals surface area contributed by atoms with Crippen LogP contribution in [0.5, 0.6) is 0 Å². The highest BCUT2D eigenvalue weighted by molar-refractivity contribution is 7.19. The summed E-state index contributed by atoms with van der Waals surface area (Å²) in [7, 11) is 0. The third-order valence-electron chi connectivity index (χ3n) is 5.01. The number of alkyl halides is 3. The van der Waals surface area contributed by atoms with Crippen molar-refractivity contribution in [3.8, 4) is 11.3 Å². The second-order valence-electron chi connectivity index (χ2n) is 7.58. The third kappa shape index (κ3) is 5.23. The number of halogens is 3. The monoisotopic (exact) mass is 467 g/mol. The van der Waals surface area contributed by atoms with Gasteiger partial charge in [0.2, 0.25) is 0 Å². The second-order valence-corrected chi connectivity index (χ2v) is 8.72. The lowest BCUT2D eigenvalue weighted by molar-refractivity contribution is -0.137. The molecule has 0 unspecified atom stereocenters. The minimum Gasteiger partial charge on any atom is -0.401 e. The number of hydrogen-bond donors (Lipinski definition) is 2. The summed E-state index contributed by atoms with van der Waals surface area (Å²) in [5, 5.41) is 3.65. The molecule has 2 aromatic carbocycles. The average molecular weight is 468 g/mol. The Labute approximate surface area is 192 Å². The van der Waals surface area contributed by atoms with Crippen molar-refractivity contribution in [2.24, 2.45) is 5.73 Å². The lowest BCUT2D eigenvalue weighted by atomic mass is 10.1. The summed E-state index contributed by atoms with van der Waals surface area (Å²) >= 11 is 1.52. The molecule has 0 fully saturated rings. The van der Waals surface area contributed by atoms with Crippen molar-refractivity contribution in [2.45, 2.75) is 12.6 Å². The highest BCUT2D eigenvalue weighted by Gasteiger charge is 2.30. The summed E-state index contributed by atoms with van der Waals surface area (Å²) in [6.45, 7) is 3.73. The van der Waals surface area contributed by atoms with Crippen molar-refractivity contribution in [3.05, 3.63) is 101 Å². The Morgan fingerprint density at radius 1 is 1.09 bits per heavy atom. The van der Waals surface area contributed by atoms with Gasteiger partial charge in [-0.1, -0.05) is 43.0 Å². The molecule has 0 aliphatic heterocycles. The van der Waals surface area contributed by atoms with Gasteiger partial charge in [-0.25, -0.2) is 0 Å². The molecule has 1 amide bonds. The number of pyridine rings is 1. The predicted molar refractivity (Wildman–Crippen MR) is 125 cm³/mol. The van der Waals surface area contributed by atoms with Crippen LogP contribution in [-0.4, -0.2) is 17.4 Å². The average Bonchev–Trinajstić information content (AvgIpc) is 3.19. The first-order valence-corrected chi connectivity index (χ1v) is 10.9. The largest absolute Gasteiger partial charge is 0.416 e. The van der Waals surface area contributed by atoms with Gasteiger partial charge in [0.25, 0.3) is 5.91 Å². The first kappa shape index (κ1) is 22.5. The first-order chi connectivity index (χ1) is 15.7. The van der Waals surface area contributed by atoms with Crippen LogP contribution in [0.15, 0.2) is 79.1 Å². The summed E-state index contributed by atoms with van der Waals surface area (Å²) < 4.78 is 40.1. The normalized spacial score (nSPS) is 11.5. The maximum Gasteiger partial charge on any atom is 0.416 e. The van der Waals surface area contributed by atoms with E-state index in [1.165, 1.54) is 29.7 Å². The summed E-state index contributed by atoms with van der Waals surface area (Å²) in [5.41, 5.74) is 7.80. The molecule has 0 saturated heterocycles. The summed E-state index contributed by atoms with van der Waals surface area (Å²) in [6, 6.07) is 16.7. The van der Waals surface area contributed by atoms with Crippen molar-refractivity contribution < 1.29 is 18.0 Å². The van der Waals surface area contributed by atoms with E-state index in [9.17, 15) is 18.0 Å². The first-order valence-electron chi connectivity index (χ1n) is 10.1. The molecule has 2 aromatic heterocycles. The Morgan fingerprint density at radius 3 is 2.58 bits per heavy atom. The molecule has 168 valence electrons. The number of aromatic nitrogens is 1. The van der Waals surface area contributed by atoms with E-state index >= 15 is 0 Å². The van der Waals surface area contributed by atoms with Gasteiger partial charge in [0.05, 0.1) is 23.4 Å². The molecule has 33 heavy (non-hydrogen) atoms. The van der Waals surface area contributed by atoms with Crippen molar-refractivity contribution in [2.75, 3.05) is 6.54 Å². The summed E-state index contributed by atoms with van der Waals surface area (Å²) in [4.78, 5) is 17.6. The molecule has 0 spiro atoms. The molecule has 0 atom stereocenters. The SMILES string of the molecule is C=C(N)CNC(=O)c1ccc(-c2cccc3cc(Cc4cccc(C(F)(F)F)c4)sc23)nc1. The van der Waals surface area contributed by atoms with Gasteiger partial charge in [0, 0.05) is 33.5 Å². The van der Waals surface area contributed by atoms with Gasteiger partial charge in [0.1, 0.15) is 0 Å². The summed E-state index contributed by atoms with van der Waals surface area (Å²) in [6.07, 6.45) is -2.46. The Kier molecular flexibility index (Phi) is 6.20. The number of rotatable bonds is 6. The number of carbonyl (C=O) groups is 1. The lowest BCUT2D eigenvalue weighted by Crippen LogP contribution is -2.27. The Bertz CT molecular complexity index is 1330. The molecule has 4 nitrogen and oxygen atoms in total. The molecule has 0 saturated carbocycles. The summed E-state index contributed by atoms with van der Waals surface area (Å²) in [5.74, 6) is -0.293. The fourth-order valence-corrected chi connectivity index (χ4v) is 4.66. The molecule has 4 aromatic rings. The molecule has 0 radical (unpaired) electrons.